The number of aromatic nitrogens is 2. The van der Waals surface area contributed by atoms with Crippen molar-refractivity contribution < 1.29 is 13.2 Å². The average molecular weight is 398 g/mol. The second-order valence-corrected chi connectivity index (χ2v) is 9.27. The monoisotopic (exact) mass is 398 g/mol. The number of H-pyrrole nitrogens is 1. The molecule has 146 valence electrons. The molecule has 3 aromatic rings. The van der Waals surface area contributed by atoms with E-state index < -0.39 is 9.84 Å². The molecule has 2 aromatic heterocycles. The third-order valence-electron chi connectivity index (χ3n) is 4.96. The first-order valence-electron chi connectivity index (χ1n) is 9.26. The Hall–Kier alpha value is -2.87. The Morgan fingerprint density at radius 1 is 1.21 bits per heavy atom. The van der Waals surface area contributed by atoms with Gasteiger partial charge in [-0.05, 0) is 36.6 Å². The highest BCUT2D eigenvalue weighted by Gasteiger charge is 2.27. The van der Waals surface area contributed by atoms with Gasteiger partial charge in [-0.25, -0.2) is 13.4 Å². The van der Waals surface area contributed by atoms with Crippen molar-refractivity contribution in [1.29, 1.82) is 0 Å². The number of aromatic amines is 1. The van der Waals surface area contributed by atoms with Crippen molar-refractivity contribution in [3.8, 4) is 0 Å². The molecule has 1 unspecified atom stereocenters. The standard InChI is InChI=1S/C20H22N4O3S/c25-20(21-9-7-14-11-22-18-4-2-1-3-17(14)18)15-5-6-19(23-12-15)24-16-8-10-28(26,27)13-16/h1-6,11-12,16,22H,7-10,13H2,(H,21,25)(H,23,24). The molecule has 0 radical (unpaired) electrons. The number of amides is 1. The van der Waals surface area contributed by atoms with Crippen molar-refractivity contribution in [3.05, 3.63) is 59.9 Å². The van der Waals surface area contributed by atoms with Crippen molar-refractivity contribution in [1.82, 2.24) is 15.3 Å². The molecule has 1 aliphatic rings. The van der Waals surface area contributed by atoms with Gasteiger partial charge in [-0.3, -0.25) is 4.79 Å². The van der Waals surface area contributed by atoms with Crippen LogP contribution in [0.4, 0.5) is 5.82 Å². The topological polar surface area (TPSA) is 104 Å². The number of anilines is 1. The average Bonchev–Trinajstić information content (AvgIpc) is 3.25. The zero-order chi connectivity index (χ0) is 19.6. The Bertz CT molecular complexity index is 1090. The van der Waals surface area contributed by atoms with E-state index in [2.05, 4.69) is 26.7 Å². The first-order valence-corrected chi connectivity index (χ1v) is 11.1. The molecular formula is C20H22N4O3S. The van der Waals surface area contributed by atoms with Crippen LogP contribution in [-0.2, 0) is 16.3 Å². The lowest BCUT2D eigenvalue weighted by atomic mass is 10.1. The summed E-state index contributed by atoms with van der Waals surface area (Å²) in [5.41, 5.74) is 2.73. The third kappa shape index (κ3) is 4.17. The van der Waals surface area contributed by atoms with Crippen LogP contribution in [0, 0.1) is 0 Å². The second-order valence-electron chi connectivity index (χ2n) is 7.04. The number of carbonyl (C=O) groups is 1. The van der Waals surface area contributed by atoms with Gasteiger partial charge in [0.1, 0.15) is 5.82 Å². The number of nitrogens with one attached hydrogen (secondary N) is 3. The predicted molar refractivity (Wildman–Crippen MR) is 109 cm³/mol. The fourth-order valence-electron chi connectivity index (χ4n) is 3.48. The van der Waals surface area contributed by atoms with Gasteiger partial charge >= 0.3 is 0 Å². The molecule has 1 aromatic carbocycles. The molecule has 3 heterocycles. The van der Waals surface area contributed by atoms with Crippen LogP contribution >= 0.6 is 0 Å². The summed E-state index contributed by atoms with van der Waals surface area (Å²) >= 11 is 0. The maximum Gasteiger partial charge on any atom is 0.252 e. The maximum absolute atomic E-state index is 12.3. The SMILES string of the molecule is O=C(NCCc1c[nH]c2ccccc12)c1ccc(NC2CCS(=O)(=O)C2)nc1. The zero-order valence-corrected chi connectivity index (χ0v) is 16.1. The van der Waals surface area contributed by atoms with Gasteiger partial charge in [0.2, 0.25) is 0 Å². The van der Waals surface area contributed by atoms with E-state index in [1.54, 1.807) is 12.1 Å². The van der Waals surface area contributed by atoms with Crippen LogP contribution < -0.4 is 10.6 Å². The molecule has 1 amide bonds. The molecule has 0 bridgehead atoms. The highest BCUT2D eigenvalue weighted by atomic mass is 32.2. The van der Waals surface area contributed by atoms with E-state index in [4.69, 9.17) is 0 Å². The minimum atomic E-state index is -2.94. The van der Waals surface area contributed by atoms with Crippen LogP contribution in [0.3, 0.4) is 0 Å². The zero-order valence-electron chi connectivity index (χ0n) is 15.3. The van der Waals surface area contributed by atoms with E-state index >= 15 is 0 Å². The fourth-order valence-corrected chi connectivity index (χ4v) is 5.16. The third-order valence-corrected chi connectivity index (χ3v) is 6.73. The number of nitrogens with zero attached hydrogens (tertiary/aromatic N) is 1. The van der Waals surface area contributed by atoms with Gasteiger partial charge in [0.05, 0.1) is 17.1 Å². The molecule has 0 saturated carbocycles. The van der Waals surface area contributed by atoms with E-state index in [1.807, 2.05) is 24.4 Å². The summed E-state index contributed by atoms with van der Waals surface area (Å²) in [6.45, 7) is 0.528. The molecular weight excluding hydrogens is 376 g/mol. The van der Waals surface area contributed by atoms with Crippen LogP contribution in [0.5, 0.6) is 0 Å². The van der Waals surface area contributed by atoms with E-state index in [0.717, 1.165) is 11.9 Å². The number of carbonyl (C=O) groups excluding carboxylic acids is 1. The first-order chi connectivity index (χ1) is 13.5. The van der Waals surface area contributed by atoms with Gasteiger partial charge in [-0.2, -0.15) is 0 Å². The number of para-hydroxylation sites is 1. The number of fused-ring (bicyclic) bond motifs is 1. The van der Waals surface area contributed by atoms with E-state index in [9.17, 15) is 13.2 Å². The van der Waals surface area contributed by atoms with E-state index in [1.165, 1.54) is 17.1 Å². The molecule has 0 spiro atoms. The summed E-state index contributed by atoms with van der Waals surface area (Å²) in [4.78, 5) is 19.8. The first kappa shape index (κ1) is 18.5. The van der Waals surface area contributed by atoms with Crippen molar-refractivity contribution in [2.24, 2.45) is 0 Å². The molecule has 0 aliphatic carbocycles. The van der Waals surface area contributed by atoms with Crippen molar-refractivity contribution in [3.63, 3.8) is 0 Å². The summed E-state index contributed by atoms with van der Waals surface area (Å²) in [5, 5.41) is 7.20. The minimum Gasteiger partial charge on any atom is -0.366 e. The number of pyridine rings is 1. The maximum atomic E-state index is 12.3. The van der Waals surface area contributed by atoms with Gasteiger partial charge in [-0.1, -0.05) is 18.2 Å². The molecule has 3 N–H and O–H groups in total. The van der Waals surface area contributed by atoms with Gasteiger partial charge in [0.15, 0.2) is 9.84 Å². The summed E-state index contributed by atoms with van der Waals surface area (Å²) in [6, 6.07) is 11.4. The van der Waals surface area contributed by atoms with E-state index in [-0.39, 0.29) is 23.5 Å². The molecule has 1 atom stereocenters. The largest absolute Gasteiger partial charge is 0.366 e. The molecule has 1 saturated heterocycles. The summed E-state index contributed by atoms with van der Waals surface area (Å²) < 4.78 is 23.0. The van der Waals surface area contributed by atoms with Gasteiger partial charge < -0.3 is 15.6 Å². The predicted octanol–water partition coefficient (Wildman–Crippen LogP) is 2.13. The normalized spacial score (nSPS) is 18.2. The number of rotatable bonds is 6. The molecule has 4 rings (SSSR count). The van der Waals surface area contributed by atoms with Gasteiger partial charge in [0, 0.05) is 35.9 Å². The molecule has 8 heteroatoms. The number of hydrogen-bond donors (Lipinski definition) is 3. The van der Waals surface area contributed by atoms with Gasteiger partial charge in [0.25, 0.3) is 5.91 Å². The number of benzene rings is 1. The van der Waals surface area contributed by atoms with Crippen molar-refractivity contribution in [2.75, 3.05) is 23.4 Å². The quantitative estimate of drug-likeness (QED) is 0.590. The Balaban J connectivity index is 1.30. The number of hydrogen-bond acceptors (Lipinski definition) is 5. The van der Waals surface area contributed by atoms with Crippen molar-refractivity contribution >= 4 is 32.5 Å². The molecule has 28 heavy (non-hydrogen) atoms. The second kappa shape index (κ2) is 7.63. The Labute approximate surface area is 163 Å². The van der Waals surface area contributed by atoms with E-state index in [0.29, 0.717) is 24.3 Å². The van der Waals surface area contributed by atoms with Crippen LogP contribution in [-0.4, -0.2) is 48.4 Å². The lowest BCUT2D eigenvalue weighted by Crippen LogP contribution is -2.26. The summed E-state index contributed by atoms with van der Waals surface area (Å²) in [6.07, 6.45) is 4.80. The molecule has 1 aliphatic heterocycles. The molecule has 1 fully saturated rings. The van der Waals surface area contributed by atoms with Crippen molar-refractivity contribution in [2.45, 2.75) is 18.9 Å². The molecule has 7 nitrogen and oxygen atoms in total. The fraction of sp³-hybridized carbons (Fsp3) is 0.300. The summed E-state index contributed by atoms with van der Waals surface area (Å²) in [5.74, 6) is 0.742. The lowest BCUT2D eigenvalue weighted by Gasteiger charge is -2.11. The van der Waals surface area contributed by atoms with Crippen LogP contribution in [0.25, 0.3) is 10.9 Å². The Morgan fingerprint density at radius 3 is 2.82 bits per heavy atom. The highest BCUT2D eigenvalue weighted by Crippen LogP contribution is 2.18. The lowest BCUT2D eigenvalue weighted by molar-refractivity contribution is 0.0954. The highest BCUT2D eigenvalue weighted by molar-refractivity contribution is 7.91. The Morgan fingerprint density at radius 2 is 2.07 bits per heavy atom. The summed E-state index contributed by atoms with van der Waals surface area (Å²) in [7, 11) is -2.94. The van der Waals surface area contributed by atoms with Crippen LogP contribution in [0.15, 0.2) is 48.8 Å². The smallest absolute Gasteiger partial charge is 0.252 e. The van der Waals surface area contributed by atoms with Gasteiger partial charge in [-0.15, -0.1) is 0 Å². The minimum absolute atomic E-state index is 0.117. The van der Waals surface area contributed by atoms with Crippen LogP contribution in [0.2, 0.25) is 0 Å². The Kier molecular flexibility index (Phi) is 5.04. The van der Waals surface area contributed by atoms with Crippen LogP contribution in [0.1, 0.15) is 22.3 Å². The number of sulfone groups is 1.